The molecule has 0 N–H and O–H groups in total. The Labute approximate surface area is 209 Å². The minimum absolute atomic E-state index is 0.104. The zero-order valence-corrected chi connectivity index (χ0v) is 22.9. The van der Waals surface area contributed by atoms with Crippen molar-refractivity contribution in [2.75, 3.05) is 19.0 Å². The summed E-state index contributed by atoms with van der Waals surface area (Å²) < 4.78 is 0.998. The monoisotopic (exact) mass is 513 g/mol. The van der Waals surface area contributed by atoms with Gasteiger partial charge in [-0.2, -0.15) is 0 Å². The van der Waals surface area contributed by atoms with Crippen molar-refractivity contribution < 1.29 is 4.79 Å². The number of aryl methyl sites for hydroxylation is 1. The Balaban J connectivity index is 0.000000252. The molecule has 1 fully saturated rings. The zero-order valence-electron chi connectivity index (χ0n) is 21.4. The van der Waals surface area contributed by atoms with Crippen molar-refractivity contribution in [1.29, 1.82) is 0 Å². The number of carbonyl (C=O) groups excluding carboxylic acids is 1. The van der Waals surface area contributed by atoms with Gasteiger partial charge in [0.2, 0.25) is 0 Å². The predicted molar refractivity (Wildman–Crippen MR) is 146 cm³/mol. The van der Waals surface area contributed by atoms with Gasteiger partial charge >= 0.3 is 0 Å². The van der Waals surface area contributed by atoms with Gasteiger partial charge in [0.25, 0.3) is 0 Å². The van der Waals surface area contributed by atoms with E-state index < -0.39 is 0 Å². The Morgan fingerprint density at radius 1 is 0.939 bits per heavy atom. The highest BCUT2D eigenvalue weighted by molar-refractivity contribution is 9.10. The van der Waals surface area contributed by atoms with Crippen molar-refractivity contribution in [3.8, 4) is 0 Å². The largest absolute Gasteiger partial charge is 0.362 e. The molecule has 4 nitrogen and oxygen atoms in total. The number of aromatic nitrogens is 2. The molecule has 33 heavy (non-hydrogen) atoms. The van der Waals surface area contributed by atoms with Crippen LogP contribution in [0.2, 0.25) is 0 Å². The molecular weight excluding hydrogens is 474 g/mol. The third kappa shape index (κ3) is 10.5. The van der Waals surface area contributed by atoms with Gasteiger partial charge in [0, 0.05) is 29.5 Å². The summed E-state index contributed by atoms with van der Waals surface area (Å²) in [5, 5.41) is 1.10. The van der Waals surface area contributed by atoms with Gasteiger partial charge < -0.3 is 4.90 Å². The molecule has 0 atom stereocenters. The molecule has 4 rings (SSSR count). The average molecular weight is 515 g/mol. The number of para-hydroxylation sites is 1. The maximum absolute atomic E-state index is 10.7. The van der Waals surface area contributed by atoms with Crippen molar-refractivity contribution in [1.82, 2.24) is 9.97 Å². The van der Waals surface area contributed by atoms with Crippen molar-refractivity contribution in [3.05, 3.63) is 64.4 Å². The number of Topliss-reactive ketones (excluding diaryl/α,β-unsaturated/α-hetero) is 1. The fourth-order valence-corrected chi connectivity index (χ4v) is 3.77. The minimum atomic E-state index is 0.104. The van der Waals surface area contributed by atoms with Crippen molar-refractivity contribution in [2.24, 2.45) is 5.92 Å². The summed E-state index contributed by atoms with van der Waals surface area (Å²) in [5.74, 6) is 2.93. The molecule has 0 bridgehead atoms. The first-order valence-electron chi connectivity index (χ1n) is 11.9. The second-order valence-corrected chi connectivity index (χ2v) is 9.23. The maximum atomic E-state index is 10.7. The Morgan fingerprint density at radius 2 is 1.52 bits per heavy atom. The molecule has 1 aliphatic carbocycles. The fourth-order valence-electron chi connectivity index (χ4n) is 3.51. The molecule has 1 aliphatic rings. The van der Waals surface area contributed by atoms with Crippen LogP contribution < -0.4 is 4.90 Å². The zero-order chi connectivity index (χ0) is 24.8. The van der Waals surface area contributed by atoms with Crippen molar-refractivity contribution in [3.63, 3.8) is 0 Å². The smallest absolute Gasteiger partial charge is 0.159 e. The van der Waals surface area contributed by atoms with E-state index in [2.05, 4.69) is 32.8 Å². The van der Waals surface area contributed by atoms with Gasteiger partial charge in [-0.25, -0.2) is 9.97 Å². The van der Waals surface area contributed by atoms with Gasteiger partial charge in [0.15, 0.2) is 5.78 Å². The Kier molecular flexibility index (Phi) is 13.6. The molecule has 0 amide bonds. The van der Waals surface area contributed by atoms with E-state index in [1.165, 1.54) is 32.1 Å². The van der Waals surface area contributed by atoms with Gasteiger partial charge in [0.1, 0.15) is 11.6 Å². The number of benzene rings is 2. The number of hydrogen-bond acceptors (Lipinski definition) is 4. The first-order valence-corrected chi connectivity index (χ1v) is 12.7. The van der Waals surface area contributed by atoms with Crippen molar-refractivity contribution >= 4 is 38.4 Å². The van der Waals surface area contributed by atoms with Crippen LogP contribution in [0.5, 0.6) is 0 Å². The summed E-state index contributed by atoms with van der Waals surface area (Å²) >= 11 is 3.28. The third-order valence-electron chi connectivity index (χ3n) is 5.26. The van der Waals surface area contributed by atoms with Crippen LogP contribution in [0.4, 0.5) is 5.82 Å². The summed E-state index contributed by atoms with van der Waals surface area (Å²) in [4.78, 5) is 21.5. The molecule has 0 spiro atoms. The van der Waals surface area contributed by atoms with Crippen LogP contribution in [0.1, 0.15) is 76.0 Å². The quantitative estimate of drug-likeness (QED) is 0.323. The third-order valence-corrected chi connectivity index (χ3v) is 5.79. The first-order chi connectivity index (χ1) is 15.8. The van der Waals surface area contributed by atoms with Gasteiger partial charge in [0.05, 0.1) is 5.52 Å². The SMILES string of the molecule is CC.CC(=O)c1ccc(Br)cc1.CC1CCCCC1.Cc1nc(N(C)C)c2ccccc2n1. The molecule has 0 radical (unpaired) electrons. The number of rotatable bonds is 2. The topological polar surface area (TPSA) is 46.1 Å². The second-order valence-electron chi connectivity index (χ2n) is 8.31. The van der Waals surface area contributed by atoms with E-state index in [4.69, 9.17) is 0 Å². The number of ketones is 1. The Hall–Kier alpha value is -2.27. The first kappa shape index (κ1) is 28.8. The Bertz CT molecular complexity index is 965. The van der Waals surface area contributed by atoms with Gasteiger partial charge in [-0.05, 0) is 44.0 Å². The summed E-state index contributed by atoms with van der Waals surface area (Å²) in [7, 11) is 3.99. The molecule has 1 aromatic heterocycles. The molecule has 1 saturated carbocycles. The lowest BCUT2D eigenvalue weighted by Crippen LogP contribution is -2.12. The van der Waals surface area contributed by atoms with Gasteiger partial charge in [-0.3, -0.25) is 4.79 Å². The fraction of sp³-hybridized carbons (Fsp3) is 0.464. The van der Waals surface area contributed by atoms with Crippen molar-refractivity contribution in [2.45, 2.75) is 66.7 Å². The van der Waals surface area contributed by atoms with Gasteiger partial charge in [-0.1, -0.05) is 93.1 Å². The molecule has 3 aromatic rings. The highest BCUT2D eigenvalue weighted by Crippen LogP contribution is 2.22. The number of anilines is 1. The Morgan fingerprint density at radius 3 is 2.00 bits per heavy atom. The molecule has 1 heterocycles. The summed E-state index contributed by atoms with van der Waals surface area (Å²) in [5.41, 5.74) is 1.76. The summed E-state index contributed by atoms with van der Waals surface area (Å²) in [6.07, 6.45) is 7.44. The number of nitrogens with zero attached hydrogens (tertiary/aromatic N) is 3. The van der Waals surface area contributed by atoms with E-state index in [0.717, 1.165) is 38.5 Å². The molecule has 0 aliphatic heterocycles. The van der Waals surface area contributed by atoms with Crippen LogP contribution >= 0.6 is 15.9 Å². The molecule has 0 saturated heterocycles. The van der Waals surface area contributed by atoms with E-state index in [1.807, 2.05) is 76.2 Å². The predicted octanol–water partition coefficient (Wildman–Crippen LogP) is 8.27. The van der Waals surface area contributed by atoms with Crippen LogP contribution in [0.3, 0.4) is 0 Å². The standard InChI is InChI=1S/C11H13N3.C8H7BrO.C7H14.C2H6/c1-8-12-10-7-5-4-6-9(10)11(13-8)14(2)3;1-6(10)7-2-4-8(9)5-3-7;1-7-5-3-2-4-6-7;1-2/h4-7H,1-3H3;2-5H,1H3;7H,2-6H2,1H3;1-2H3. The lowest BCUT2D eigenvalue weighted by Gasteiger charge is -2.15. The lowest BCUT2D eigenvalue weighted by atomic mass is 9.91. The number of hydrogen-bond donors (Lipinski definition) is 0. The normalized spacial score (nSPS) is 12.8. The van der Waals surface area contributed by atoms with Crippen LogP contribution in [0.25, 0.3) is 10.9 Å². The summed E-state index contributed by atoms with van der Waals surface area (Å²) in [6.45, 7) is 9.84. The second kappa shape index (κ2) is 15.5. The van der Waals surface area contributed by atoms with E-state index in [1.54, 1.807) is 19.1 Å². The number of carbonyl (C=O) groups is 1. The molecule has 180 valence electrons. The van der Waals surface area contributed by atoms with Crippen LogP contribution in [0, 0.1) is 12.8 Å². The molecule has 2 aromatic carbocycles. The van der Waals surface area contributed by atoms with Crippen LogP contribution in [-0.4, -0.2) is 29.8 Å². The summed E-state index contributed by atoms with van der Waals surface area (Å²) in [6, 6.07) is 15.4. The van der Waals surface area contributed by atoms with Crippen LogP contribution in [0.15, 0.2) is 53.0 Å². The average Bonchev–Trinajstić information content (AvgIpc) is 2.81. The van der Waals surface area contributed by atoms with E-state index in [9.17, 15) is 4.79 Å². The maximum Gasteiger partial charge on any atom is 0.159 e. The van der Waals surface area contributed by atoms with Gasteiger partial charge in [-0.15, -0.1) is 0 Å². The molecule has 5 heteroatoms. The molecular formula is C28H40BrN3O. The lowest BCUT2D eigenvalue weighted by molar-refractivity contribution is 0.101. The highest BCUT2D eigenvalue weighted by Gasteiger charge is 2.06. The minimum Gasteiger partial charge on any atom is -0.362 e. The number of halogens is 1. The highest BCUT2D eigenvalue weighted by atomic mass is 79.9. The van der Waals surface area contributed by atoms with E-state index in [0.29, 0.717) is 0 Å². The number of fused-ring (bicyclic) bond motifs is 1. The van der Waals surface area contributed by atoms with Crippen LogP contribution in [-0.2, 0) is 0 Å². The van der Waals surface area contributed by atoms with E-state index >= 15 is 0 Å². The van der Waals surface area contributed by atoms with E-state index in [-0.39, 0.29) is 5.78 Å². The molecule has 0 unspecified atom stereocenters.